The molecule has 0 aliphatic carbocycles. The number of hydrogen-bond acceptors (Lipinski definition) is 10. The Labute approximate surface area is 518 Å². The molecule has 8 atom stereocenters. The van der Waals surface area contributed by atoms with Gasteiger partial charge in [-0.25, -0.2) is 0 Å². The van der Waals surface area contributed by atoms with E-state index in [1.54, 1.807) is 6.08 Å². The molecule has 0 spiro atoms. The van der Waals surface area contributed by atoms with Gasteiger partial charge in [-0.1, -0.05) is 264 Å². The number of nitrogens with one attached hydrogen (secondary N) is 1. The lowest BCUT2D eigenvalue weighted by Gasteiger charge is -2.41. The van der Waals surface area contributed by atoms with Gasteiger partial charge in [0.25, 0.3) is 0 Å². The molecule has 11 nitrogen and oxygen atoms in total. The van der Waals surface area contributed by atoms with Gasteiger partial charge in [-0.05, 0) is 122 Å². The highest BCUT2D eigenvalue weighted by Gasteiger charge is 2.47. The van der Waals surface area contributed by atoms with E-state index < -0.39 is 67.4 Å². The number of rotatable bonds is 56. The smallest absolute Gasteiger partial charge is 0.306 e. The second-order valence-corrected chi connectivity index (χ2v) is 22.8. The van der Waals surface area contributed by atoms with Crippen molar-refractivity contribution in [3.05, 3.63) is 134 Å². The maximum Gasteiger partial charge on any atom is 0.306 e. The largest absolute Gasteiger partial charge is 0.454 e. The van der Waals surface area contributed by atoms with Crippen LogP contribution < -0.4 is 5.32 Å². The first-order valence-corrected chi connectivity index (χ1v) is 34.0. The normalized spacial score (nSPS) is 19.3. The molecule has 1 amide bonds. The molecule has 0 aromatic carbocycles. The fraction of sp³-hybridized carbons (Fsp3) is 0.676. The summed E-state index contributed by atoms with van der Waals surface area (Å²) in [6, 6.07) is -1.05. The number of amides is 1. The summed E-state index contributed by atoms with van der Waals surface area (Å²) in [4.78, 5) is 26.6. The Morgan fingerprint density at radius 3 is 1.29 bits per heavy atom. The molecule has 0 bridgehead atoms. The van der Waals surface area contributed by atoms with E-state index in [1.165, 1.54) is 64.2 Å². The first-order chi connectivity index (χ1) is 41.7. The van der Waals surface area contributed by atoms with E-state index in [2.05, 4.69) is 148 Å². The SMILES string of the molecule is CC/C=C\C/C=C\C/C=C\C/C=C\C/C=C\C/C=C\CCCCCCC(=O)OC1C(OCC(NC(=O)C(O)CCCCCCCC/C=C\C/C=C\C/C=C\C/C=C\CCCCC)C(O)/C=C/CCCCCCCCCCC)OC(CO)C(O)C1O. The summed E-state index contributed by atoms with van der Waals surface area (Å²) in [5.41, 5.74) is 0. The van der Waals surface area contributed by atoms with Gasteiger partial charge in [0.05, 0.1) is 25.4 Å². The summed E-state index contributed by atoms with van der Waals surface area (Å²) < 4.78 is 17.6. The number of hydrogen-bond donors (Lipinski definition) is 6. The number of unbranched alkanes of at least 4 members (excludes halogenated alkanes) is 22. The topological polar surface area (TPSA) is 175 Å². The maximum absolute atomic E-state index is 13.5. The predicted octanol–water partition coefficient (Wildman–Crippen LogP) is 17.2. The van der Waals surface area contributed by atoms with Crippen LogP contribution in [0.3, 0.4) is 0 Å². The van der Waals surface area contributed by atoms with E-state index in [0.717, 1.165) is 148 Å². The number of aliphatic hydroxyl groups is 5. The molecule has 1 fully saturated rings. The highest BCUT2D eigenvalue weighted by atomic mass is 16.7. The average Bonchev–Trinajstić information content (AvgIpc) is 2.90. The first kappa shape index (κ1) is 78.8. The minimum Gasteiger partial charge on any atom is -0.454 e. The zero-order valence-corrected chi connectivity index (χ0v) is 53.7. The van der Waals surface area contributed by atoms with Crippen LogP contribution in [0.2, 0.25) is 0 Å². The third-order valence-corrected chi connectivity index (χ3v) is 15.0. The first-order valence-electron chi connectivity index (χ1n) is 34.0. The highest BCUT2D eigenvalue weighted by Crippen LogP contribution is 2.26. The lowest BCUT2D eigenvalue weighted by molar-refractivity contribution is -0.305. The molecule has 0 radical (unpaired) electrons. The predicted molar refractivity (Wildman–Crippen MR) is 356 cm³/mol. The Morgan fingerprint density at radius 2 is 0.847 bits per heavy atom. The molecule has 1 rings (SSSR count). The number of aliphatic hydroxyl groups excluding tert-OH is 5. The van der Waals surface area contributed by atoms with Crippen molar-refractivity contribution in [2.24, 2.45) is 0 Å². The third kappa shape index (κ3) is 47.5. The molecule has 0 aromatic rings. The van der Waals surface area contributed by atoms with Crippen molar-refractivity contribution in [3.63, 3.8) is 0 Å². The van der Waals surface area contributed by atoms with Crippen LogP contribution in [0.15, 0.2) is 134 Å². The number of esters is 1. The van der Waals surface area contributed by atoms with E-state index in [4.69, 9.17) is 14.2 Å². The van der Waals surface area contributed by atoms with Crippen LogP contribution in [0.4, 0.5) is 0 Å². The molecular formula is C74H123NO10. The molecule has 85 heavy (non-hydrogen) atoms. The van der Waals surface area contributed by atoms with Gasteiger partial charge in [0.1, 0.15) is 24.4 Å². The van der Waals surface area contributed by atoms with Gasteiger partial charge < -0.3 is 45.1 Å². The Morgan fingerprint density at radius 1 is 0.471 bits per heavy atom. The minimum absolute atomic E-state index is 0.0845. The highest BCUT2D eigenvalue weighted by molar-refractivity contribution is 5.80. The zero-order chi connectivity index (χ0) is 61.7. The van der Waals surface area contributed by atoms with Crippen LogP contribution >= 0.6 is 0 Å². The Kier molecular flexibility index (Phi) is 55.7. The zero-order valence-electron chi connectivity index (χ0n) is 53.7. The van der Waals surface area contributed by atoms with E-state index in [-0.39, 0.29) is 19.4 Å². The van der Waals surface area contributed by atoms with Crippen LogP contribution in [0, 0.1) is 0 Å². The summed E-state index contributed by atoms with van der Waals surface area (Å²) in [6.45, 7) is 5.62. The molecule has 484 valence electrons. The Bertz CT molecular complexity index is 1890. The molecule has 1 saturated heterocycles. The van der Waals surface area contributed by atoms with E-state index in [9.17, 15) is 35.1 Å². The summed E-state index contributed by atoms with van der Waals surface area (Å²) >= 11 is 0. The lowest BCUT2D eigenvalue weighted by atomic mass is 9.99. The second kappa shape index (κ2) is 60.1. The third-order valence-electron chi connectivity index (χ3n) is 15.0. The summed E-state index contributed by atoms with van der Waals surface area (Å²) in [6.07, 6.45) is 74.8. The monoisotopic (exact) mass is 1190 g/mol. The lowest BCUT2D eigenvalue weighted by Crippen LogP contribution is -2.61. The number of allylic oxidation sites excluding steroid dienone is 21. The Hall–Kier alpha value is -4.20. The van der Waals surface area contributed by atoms with Gasteiger partial charge in [0.2, 0.25) is 5.91 Å². The molecule has 8 unspecified atom stereocenters. The van der Waals surface area contributed by atoms with Gasteiger partial charge >= 0.3 is 5.97 Å². The number of ether oxygens (including phenoxy) is 3. The standard InChI is InChI=1S/C74H123NO10/c1-4-7-10-13-16-19-22-24-26-28-30-32-34-36-38-40-42-44-47-50-53-56-59-62-69(79)85-72-71(81)70(80)68(63-76)84-74(72)83-64-65(66(77)60-57-54-51-48-45-21-18-15-12-9-6-3)75-73(82)67(78)61-58-55-52-49-46-43-41-39-37-35-33-31-29-27-25-23-20-17-14-11-8-5-2/h7,10,16-17,19-20,24-27,30-33,36-39,42,44,57,60,65-68,70-72,74,76-78,80-81H,4-6,8-9,11-15,18,21-23,28-29,34-35,40-41,43,45-56,58-59,61-64H2,1-3H3,(H,75,82)/b10-7-,19-16-,20-17-,26-24-,27-25-,32-30-,33-31-,38-36-,39-37-,44-42-,60-57+. The minimum atomic E-state index is -1.64. The van der Waals surface area contributed by atoms with Crippen LogP contribution in [0.25, 0.3) is 0 Å². The van der Waals surface area contributed by atoms with E-state index in [0.29, 0.717) is 12.8 Å². The molecule has 0 saturated carbocycles. The molecule has 1 aliphatic rings. The molecular weight excluding hydrogens is 1060 g/mol. The second-order valence-electron chi connectivity index (χ2n) is 22.8. The van der Waals surface area contributed by atoms with Crippen molar-refractivity contribution < 1.29 is 49.3 Å². The molecule has 11 heteroatoms. The fourth-order valence-corrected chi connectivity index (χ4v) is 9.70. The summed E-state index contributed by atoms with van der Waals surface area (Å²) in [5, 5.41) is 57.1. The van der Waals surface area contributed by atoms with Gasteiger partial charge in [-0.2, -0.15) is 0 Å². The van der Waals surface area contributed by atoms with Crippen LogP contribution in [0.1, 0.15) is 258 Å². The maximum atomic E-state index is 13.5. The van der Waals surface area contributed by atoms with Crippen molar-refractivity contribution >= 4 is 11.9 Å². The molecule has 1 heterocycles. The van der Waals surface area contributed by atoms with Crippen molar-refractivity contribution in [2.45, 2.75) is 307 Å². The average molecular weight is 1190 g/mol. The summed E-state index contributed by atoms with van der Waals surface area (Å²) in [7, 11) is 0. The van der Waals surface area contributed by atoms with Crippen molar-refractivity contribution in [3.8, 4) is 0 Å². The van der Waals surface area contributed by atoms with E-state index >= 15 is 0 Å². The van der Waals surface area contributed by atoms with Gasteiger partial charge in [0, 0.05) is 6.42 Å². The van der Waals surface area contributed by atoms with Gasteiger partial charge in [-0.15, -0.1) is 0 Å². The van der Waals surface area contributed by atoms with Crippen LogP contribution in [-0.4, -0.2) is 99.6 Å². The summed E-state index contributed by atoms with van der Waals surface area (Å²) in [5.74, 6) is -1.24. The number of carbonyl (C=O) groups excluding carboxylic acids is 2. The van der Waals surface area contributed by atoms with Crippen molar-refractivity contribution in [2.75, 3.05) is 13.2 Å². The molecule has 1 aliphatic heterocycles. The fourth-order valence-electron chi connectivity index (χ4n) is 9.70. The van der Waals surface area contributed by atoms with E-state index in [1.807, 2.05) is 6.08 Å². The van der Waals surface area contributed by atoms with Gasteiger partial charge in [0.15, 0.2) is 12.4 Å². The quantitative estimate of drug-likeness (QED) is 0.0195. The van der Waals surface area contributed by atoms with Crippen molar-refractivity contribution in [1.29, 1.82) is 0 Å². The van der Waals surface area contributed by atoms with Crippen LogP contribution in [-0.2, 0) is 23.8 Å². The molecule has 6 N–H and O–H groups in total. The van der Waals surface area contributed by atoms with Crippen molar-refractivity contribution in [1.82, 2.24) is 5.32 Å². The van der Waals surface area contributed by atoms with Gasteiger partial charge in [-0.3, -0.25) is 9.59 Å². The van der Waals surface area contributed by atoms with Crippen LogP contribution in [0.5, 0.6) is 0 Å². The molecule has 0 aromatic heterocycles. The Balaban J connectivity index is 2.64. The number of carbonyl (C=O) groups is 2.